The first kappa shape index (κ1) is 16.2. The van der Waals surface area contributed by atoms with Crippen LogP contribution in [0.25, 0.3) is 0 Å². The van der Waals surface area contributed by atoms with Gasteiger partial charge in [0.05, 0.1) is 18.1 Å². The Kier molecular flexibility index (Phi) is 7.15. The quantitative estimate of drug-likeness (QED) is 0.397. The van der Waals surface area contributed by atoms with Gasteiger partial charge in [-0.05, 0) is 12.8 Å². The fraction of sp³-hybridized carbons (Fsp3) is 0.917. The highest BCUT2D eigenvalue weighted by Crippen LogP contribution is 2.10. The molecular weight excluding hydrogens is 266 g/mol. The number of guanidine groups is 1. The van der Waals surface area contributed by atoms with E-state index in [2.05, 4.69) is 22.5 Å². The van der Waals surface area contributed by atoms with Crippen molar-refractivity contribution in [1.82, 2.24) is 10.6 Å². The molecule has 1 rings (SSSR count). The van der Waals surface area contributed by atoms with Gasteiger partial charge in [-0.15, -0.1) is 0 Å². The van der Waals surface area contributed by atoms with Crippen LogP contribution in [0.5, 0.6) is 0 Å². The highest BCUT2D eigenvalue weighted by molar-refractivity contribution is 7.91. The summed E-state index contributed by atoms with van der Waals surface area (Å²) in [6.45, 7) is 4.21. The number of unbranched alkanes of at least 4 members (excludes halogenated alkanes) is 1. The molecule has 1 aliphatic heterocycles. The van der Waals surface area contributed by atoms with Crippen LogP contribution in [0, 0.1) is 0 Å². The number of nitrogens with zero attached hydrogens (tertiary/aromatic N) is 1. The summed E-state index contributed by atoms with van der Waals surface area (Å²) in [6.07, 6.45) is 2.86. The van der Waals surface area contributed by atoms with Gasteiger partial charge in [0.1, 0.15) is 0 Å². The first-order valence-corrected chi connectivity index (χ1v) is 8.65. The molecule has 0 saturated carbocycles. The lowest BCUT2D eigenvalue weighted by molar-refractivity contribution is 0.136. The second-order valence-corrected chi connectivity index (χ2v) is 6.94. The average molecular weight is 291 g/mol. The standard InChI is InChI=1S/C12H25N3O3S/c1-3-4-7-18-8-6-14-12(13-2)15-11-5-9-19(16,17)10-11/h11H,3-10H2,1-2H3,(H2,13,14,15). The molecule has 0 aromatic carbocycles. The lowest BCUT2D eigenvalue weighted by Crippen LogP contribution is -2.44. The van der Waals surface area contributed by atoms with E-state index in [1.165, 1.54) is 0 Å². The SMILES string of the molecule is CCCCOCCNC(=NC)NC1CCS(=O)(=O)C1. The summed E-state index contributed by atoms with van der Waals surface area (Å²) in [7, 11) is -1.18. The minimum absolute atomic E-state index is 0.0304. The lowest BCUT2D eigenvalue weighted by atomic mass is 10.3. The van der Waals surface area contributed by atoms with Gasteiger partial charge in [-0.2, -0.15) is 0 Å². The molecule has 0 spiro atoms. The molecule has 0 aromatic rings. The van der Waals surface area contributed by atoms with E-state index >= 15 is 0 Å². The summed E-state index contributed by atoms with van der Waals surface area (Å²) in [5.74, 6) is 1.10. The molecule has 7 heteroatoms. The maximum atomic E-state index is 11.4. The summed E-state index contributed by atoms with van der Waals surface area (Å²) in [5.41, 5.74) is 0. The zero-order valence-corrected chi connectivity index (χ0v) is 12.6. The molecule has 112 valence electrons. The monoisotopic (exact) mass is 291 g/mol. The Balaban J connectivity index is 2.17. The third-order valence-electron chi connectivity index (χ3n) is 2.98. The summed E-state index contributed by atoms with van der Waals surface area (Å²) in [4.78, 5) is 4.08. The van der Waals surface area contributed by atoms with Crippen LogP contribution in [0.4, 0.5) is 0 Å². The van der Waals surface area contributed by atoms with Crippen LogP contribution in [-0.4, -0.2) is 58.7 Å². The normalized spacial score (nSPS) is 22.4. The van der Waals surface area contributed by atoms with E-state index in [4.69, 9.17) is 4.74 Å². The molecule has 1 saturated heterocycles. The van der Waals surface area contributed by atoms with Crippen molar-refractivity contribution in [2.45, 2.75) is 32.2 Å². The van der Waals surface area contributed by atoms with Gasteiger partial charge >= 0.3 is 0 Å². The van der Waals surface area contributed by atoms with E-state index in [0.29, 0.717) is 25.5 Å². The number of aliphatic imine (C=N–C) groups is 1. The van der Waals surface area contributed by atoms with Crippen molar-refractivity contribution in [1.29, 1.82) is 0 Å². The highest BCUT2D eigenvalue weighted by atomic mass is 32.2. The number of rotatable bonds is 7. The number of hydrogen-bond donors (Lipinski definition) is 2. The minimum atomic E-state index is -2.85. The molecule has 1 aliphatic rings. The van der Waals surface area contributed by atoms with Crippen LogP contribution in [0.15, 0.2) is 4.99 Å². The Morgan fingerprint density at radius 2 is 2.21 bits per heavy atom. The van der Waals surface area contributed by atoms with Crippen molar-refractivity contribution < 1.29 is 13.2 Å². The topological polar surface area (TPSA) is 79.8 Å². The maximum Gasteiger partial charge on any atom is 0.191 e. The number of sulfone groups is 1. The van der Waals surface area contributed by atoms with Gasteiger partial charge < -0.3 is 15.4 Å². The Bertz CT molecular complexity index is 382. The Morgan fingerprint density at radius 3 is 2.79 bits per heavy atom. The fourth-order valence-corrected chi connectivity index (χ4v) is 3.56. The van der Waals surface area contributed by atoms with Gasteiger partial charge in [-0.3, -0.25) is 4.99 Å². The molecule has 0 bridgehead atoms. The van der Waals surface area contributed by atoms with Gasteiger partial charge in [0, 0.05) is 26.2 Å². The van der Waals surface area contributed by atoms with Crippen molar-refractivity contribution >= 4 is 15.8 Å². The molecule has 1 heterocycles. The third-order valence-corrected chi connectivity index (χ3v) is 4.75. The smallest absolute Gasteiger partial charge is 0.191 e. The van der Waals surface area contributed by atoms with Crippen LogP contribution in [0.1, 0.15) is 26.2 Å². The summed E-state index contributed by atoms with van der Waals surface area (Å²) >= 11 is 0. The molecule has 6 nitrogen and oxygen atoms in total. The van der Waals surface area contributed by atoms with Gasteiger partial charge in [0.15, 0.2) is 15.8 Å². The highest BCUT2D eigenvalue weighted by Gasteiger charge is 2.28. The van der Waals surface area contributed by atoms with E-state index in [0.717, 1.165) is 19.4 Å². The van der Waals surface area contributed by atoms with Crippen molar-refractivity contribution in [3.63, 3.8) is 0 Å². The molecule has 0 aromatic heterocycles. The van der Waals surface area contributed by atoms with Crippen LogP contribution in [-0.2, 0) is 14.6 Å². The zero-order valence-electron chi connectivity index (χ0n) is 11.8. The molecule has 0 aliphatic carbocycles. The van der Waals surface area contributed by atoms with E-state index < -0.39 is 9.84 Å². The molecular formula is C12H25N3O3S. The van der Waals surface area contributed by atoms with Crippen molar-refractivity contribution in [3.8, 4) is 0 Å². The van der Waals surface area contributed by atoms with Crippen molar-refractivity contribution in [2.75, 3.05) is 38.3 Å². The van der Waals surface area contributed by atoms with E-state index in [-0.39, 0.29) is 17.5 Å². The Hall–Kier alpha value is -0.820. The Labute approximate surface area is 115 Å². The summed E-state index contributed by atoms with van der Waals surface area (Å²) in [5, 5.41) is 6.25. The van der Waals surface area contributed by atoms with Gasteiger partial charge in [0.25, 0.3) is 0 Å². The number of hydrogen-bond acceptors (Lipinski definition) is 4. The molecule has 1 fully saturated rings. The van der Waals surface area contributed by atoms with Crippen molar-refractivity contribution in [2.24, 2.45) is 4.99 Å². The molecule has 0 radical (unpaired) electrons. The van der Waals surface area contributed by atoms with Crippen LogP contribution < -0.4 is 10.6 Å². The van der Waals surface area contributed by atoms with E-state index in [9.17, 15) is 8.42 Å². The first-order valence-electron chi connectivity index (χ1n) is 6.82. The third kappa shape index (κ3) is 6.77. The summed E-state index contributed by atoms with van der Waals surface area (Å²) in [6, 6.07) is -0.0304. The molecule has 19 heavy (non-hydrogen) atoms. The number of nitrogens with one attached hydrogen (secondary N) is 2. The Morgan fingerprint density at radius 1 is 1.42 bits per heavy atom. The van der Waals surface area contributed by atoms with Gasteiger partial charge in [-0.1, -0.05) is 13.3 Å². The predicted octanol–water partition coefficient (Wildman–Crippen LogP) is 0.155. The van der Waals surface area contributed by atoms with Gasteiger partial charge in [-0.25, -0.2) is 8.42 Å². The van der Waals surface area contributed by atoms with Crippen LogP contribution in [0.3, 0.4) is 0 Å². The number of ether oxygens (including phenoxy) is 1. The first-order chi connectivity index (χ1) is 9.07. The van der Waals surface area contributed by atoms with Crippen LogP contribution >= 0.6 is 0 Å². The lowest BCUT2D eigenvalue weighted by Gasteiger charge is -2.16. The van der Waals surface area contributed by atoms with Crippen LogP contribution in [0.2, 0.25) is 0 Å². The molecule has 1 atom stereocenters. The minimum Gasteiger partial charge on any atom is -0.380 e. The maximum absolute atomic E-state index is 11.4. The molecule has 0 amide bonds. The predicted molar refractivity (Wildman–Crippen MR) is 77.3 cm³/mol. The van der Waals surface area contributed by atoms with E-state index in [1.54, 1.807) is 7.05 Å². The molecule has 2 N–H and O–H groups in total. The second-order valence-electron chi connectivity index (χ2n) is 4.71. The molecule has 1 unspecified atom stereocenters. The average Bonchev–Trinajstić information content (AvgIpc) is 2.71. The van der Waals surface area contributed by atoms with Gasteiger partial charge in [0.2, 0.25) is 0 Å². The second kappa shape index (κ2) is 8.37. The largest absolute Gasteiger partial charge is 0.380 e. The van der Waals surface area contributed by atoms with Crippen molar-refractivity contribution in [3.05, 3.63) is 0 Å². The fourth-order valence-electron chi connectivity index (χ4n) is 1.89. The van der Waals surface area contributed by atoms with E-state index in [1.807, 2.05) is 0 Å². The summed E-state index contributed by atoms with van der Waals surface area (Å²) < 4.78 is 28.1. The zero-order chi connectivity index (χ0) is 14.1.